The highest BCUT2D eigenvalue weighted by Gasteiger charge is 2.43. The summed E-state index contributed by atoms with van der Waals surface area (Å²) < 4.78 is 4.70. The van der Waals surface area contributed by atoms with E-state index in [1.807, 2.05) is 0 Å². The number of methoxy groups -OCH3 is 1. The lowest BCUT2D eigenvalue weighted by Crippen LogP contribution is -2.44. The molecule has 2 saturated heterocycles. The van der Waals surface area contributed by atoms with Gasteiger partial charge in [0.05, 0.1) is 19.6 Å². The molecule has 0 aromatic rings. The number of rotatable bonds is 1. The van der Waals surface area contributed by atoms with Crippen LogP contribution in [0.15, 0.2) is 0 Å². The van der Waals surface area contributed by atoms with Crippen molar-refractivity contribution in [3.8, 4) is 0 Å². The number of hydrogen-bond donors (Lipinski definition) is 1. The zero-order valence-electron chi connectivity index (χ0n) is 9.39. The van der Waals surface area contributed by atoms with Crippen LogP contribution in [0.1, 0.15) is 32.1 Å². The Labute approximate surface area is 94.4 Å². The molecule has 1 N–H and O–H groups in total. The number of fused-ring (bicyclic) bond motifs is 1. The van der Waals surface area contributed by atoms with Crippen molar-refractivity contribution < 1.29 is 19.4 Å². The third-order valence-electron chi connectivity index (χ3n) is 3.51. The van der Waals surface area contributed by atoms with Crippen molar-refractivity contribution >= 4 is 11.9 Å². The lowest BCUT2D eigenvalue weighted by molar-refractivity contribution is -0.152. The summed E-state index contributed by atoms with van der Waals surface area (Å²) in [5.74, 6) is -0.463. The van der Waals surface area contributed by atoms with Gasteiger partial charge in [-0.1, -0.05) is 0 Å². The Morgan fingerprint density at radius 3 is 2.75 bits per heavy atom. The molecule has 16 heavy (non-hydrogen) atoms. The summed E-state index contributed by atoms with van der Waals surface area (Å²) in [5.41, 5.74) is 0. The molecule has 0 saturated carbocycles. The SMILES string of the molecule is COC(=O)C1CCC2CCC(O)CC(=O)N21. The third kappa shape index (κ3) is 1.91. The number of hydrogen-bond acceptors (Lipinski definition) is 4. The molecular weight excluding hydrogens is 210 g/mol. The van der Waals surface area contributed by atoms with Gasteiger partial charge in [0.2, 0.25) is 5.91 Å². The molecule has 1 amide bonds. The van der Waals surface area contributed by atoms with Crippen LogP contribution in [0.2, 0.25) is 0 Å². The molecule has 2 aliphatic rings. The number of nitrogens with zero attached hydrogens (tertiary/aromatic N) is 1. The van der Waals surface area contributed by atoms with E-state index in [-0.39, 0.29) is 24.3 Å². The van der Waals surface area contributed by atoms with Gasteiger partial charge in [-0.2, -0.15) is 0 Å². The average molecular weight is 227 g/mol. The van der Waals surface area contributed by atoms with Crippen molar-refractivity contribution in [2.75, 3.05) is 7.11 Å². The van der Waals surface area contributed by atoms with Crippen molar-refractivity contribution in [1.82, 2.24) is 4.90 Å². The lowest BCUT2D eigenvalue weighted by atomic mass is 10.1. The van der Waals surface area contributed by atoms with E-state index in [0.29, 0.717) is 12.8 Å². The highest BCUT2D eigenvalue weighted by molar-refractivity contribution is 5.85. The number of aliphatic hydroxyl groups is 1. The normalized spacial score (nSPS) is 34.5. The van der Waals surface area contributed by atoms with Crippen molar-refractivity contribution in [3.05, 3.63) is 0 Å². The number of amides is 1. The van der Waals surface area contributed by atoms with Crippen molar-refractivity contribution in [1.29, 1.82) is 0 Å². The van der Waals surface area contributed by atoms with E-state index in [9.17, 15) is 14.7 Å². The second-order valence-corrected chi connectivity index (χ2v) is 4.51. The number of carbonyl (C=O) groups excluding carboxylic acids is 2. The minimum Gasteiger partial charge on any atom is -0.467 e. The van der Waals surface area contributed by atoms with Crippen LogP contribution in [0.4, 0.5) is 0 Å². The molecule has 0 aromatic heterocycles. The van der Waals surface area contributed by atoms with E-state index < -0.39 is 12.1 Å². The lowest BCUT2D eigenvalue weighted by Gasteiger charge is -2.26. The molecule has 2 heterocycles. The fraction of sp³-hybridized carbons (Fsp3) is 0.818. The summed E-state index contributed by atoms with van der Waals surface area (Å²) in [4.78, 5) is 25.1. The Balaban J connectivity index is 2.16. The molecule has 0 radical (unpaired) electrons. The van der Waals surface area contributed by atoms with Crippen LogP contribution in [-0.2, 0) is 14.3 Å². The van der Waals surface area contributed by atoms with E-state index in [4.69, 9.17) is 4.74 Å². The summed E-state index contributed by atoms with van der Waals surface area (Å²) in [6.07, 6.45) is 2.50. The molecule has 3 unspecified atom stereocenters. The van der Waals surface area contributed by atoms with Crippen LogP contribution in [0.25, 0.3) is 0 Å². The maximum atomic E-state index is 11.9. The first kappa shape index (κ1) is 11.4. The molecule has 0 spiro atoms. The zero-order valence-corrected chi connectivity index (χ0v) is 9.39. The topological polar surface area (TPSA) is 66.8 Å². The van der Waals surface area contributed by atoms with Crippen LogP contribution >= 0.6 is 0 Å². The smallest absolute Gasteiger partial charge is 0.328 e. The second kappa shape index (κ2) is 4.41. The number of aliphatic hydroxyl groups excluding tert-OH is 1. The third-order valence-corrected chi connectivity index (χ3v) is 3.51. The van der Waals surface area contributed by atoms with Gasteiger partial charge in [-0.15, -0.1) is 0 Å². The zero-order chi connectivity index (χ0) is 11.7. The van der Waals surface area contributed by atoms with E-state index in [1.54, 1.807) is 4.90 Å². The minimum atomic E-state index is -0.559. The predicted octanol–water partition coefficient (Wildman–Crippen LogP) is 0.0638. The summed E-state index contributed by atoms with van der Waals surface area (Å²) in [6, 6.07) is -0.332. The van der Waals surface area contributed by atoms with Gasteiger partial charge >= 0.3 is 5.97 Å². The Morgan fingerprint density at radius 1 is 1.38 bits per heavy atom. The van der Waals surface area contributed by atoms with Crippen LogP contribution in [-0.4, -0.2) is 47.2 Å². The van der Waals surface area contributed by atoms with Crippen LogP contribution in [0.3, 0.4) is 0 Å². The maximum absolute atomic E-state index is 11.9. The van der Waals surface area contributed by atoms with Gasteiger partial charge in [-0.25, -0.2) is 4.79 Å². The van der Waals surface area contributed by atoms with E-state index in [0.717, 1.165) is 12.8 Å². The van der Waals surface area contributed by atoms with Crippen molar-refractivity contribution in [3.63, 3.8) is 0 Å². The number of carbonyl (C=O) groups is 2. The van der Waals surface area contributed by atoms with E-state index >= 15 is 0 Å². The van der Waals surface area contributed by atoms with Gasteiger partial charge in [0.1, 0.15) is 6.04 Å². The Kier molecular flexibility index (Phi) is 3.14. The van der Waals surface area contributed by atoms with Gasteiger partial charge in [0.15, 0.2) is 0 Å². The molecule has 3 atom stereocenters. The van der Waals surface area contributed by atoms with Crippen LogP contribution in [0, 0.1) is 0 Å². The fourth-order valence-electron chi connectivity index (χ4n) is 2.71. The quantitative estimate of drug-likeness (QED) is 0.643. The van der Waals surface area contributed by atoms with Gasteiger partial charge in [0.25, 0.3) is 0 Å². The molecular formula is C11H17NO4. The molecule has 0 aliphatic carbocycles. The molecule has 0 bridgehead atoms. The Hall–Kier alpha value is -1.10. The average Bonchev–Trinajstić information content (AvgIpc) is 2.63. The molecule has 2 aliphatic heterocycles. The molecule has 2 rings (SSSR count). The first-order valence-electron chi connectivity index (χ1n) is 5.70. The summed E-state index contributed by atoms with van der Waals surface area (Å²) in [7, 11) is 1.34. The fourth-order valence-corrected chi connectivity index (χ4v) is 2.71. The van der Waals surface area contributed by atoms with Gasteiger partial charge in [0, 0.05) is 6.04 Å². The second-order valence-electron chi connectivity index (χ2n) is 4.51. The van der Waals surface area contributed by atoms with Gasteiger partial charge in [-0.05, 0) is 25.7 Å². The number of ether oxygens (including phenoxy) is 1. The summed E-state index contributed by atoms with van der Waals surface area (Å²) in [5, 5.41) is 9.53. The molecule has 0 aromatic carbocycles. The van der Waals surface area contributed by atoms with E-state index in [1.165, 1.54) is 7.11 Å². The van der Waals surface area contributed by atoms with Gasteiger partial charge < -0.3 is 14.7 Å². The standard InChI is InChI=1S/C11H17NO4/c1-16-11(15)9-5-3-7-2-4-8(13)6-10(14)12(7)9/h7-9,13H,2-6H2,1H3. The molecule has 5 heteroatoms. The monoisotopic (exact) mass is 227 g/mol. The highest BCUT2D eigenvalue weighted by Crippen LogP contribution is 2.32. The molecule has 5 nitrogen and oxygen atoms in total. The first-order chi connectivity index (χ1) is 7.63. The van der Waals surface area contributed by atoms with Crippen LogP contribution in [0.5, 0.6) is 0 Å². The molecule has 2 fully saturated rings. The van der Waals surface area contributed by atoms with Gasteiger partial charge in [-0.3, -0.25) is 4.79 Å². The number of esters is 1. The van der Waals surface area contributed by atoms with E-state index in [2.05, 4.69) is 0 Å². The summed E-state index contributed by atoms with van der Waals surface area (Å²) >= 11 is 0. The highest BCUT2D eigenvalue weighted by atomic mass is 16.5. The molecule has 90 valence electrons. The largest absolute Gasteiger partial charge is 0.467 e. The minimum absolute atomic E-state index is 0.105. The Bertz CT molecular complexity index is 304. The van der Waals surface area contributed by atoms with Crippen LogP contribution < -0.4 is 0 Å². The maximum Gasteiger partial charge on any atom is 0.328 e. The Morgan fingerprint density at radius 2 is 2.06 bits per heavy atom. The van der Waals surface area contributed by atoms with Crippen molar-refractivity contribution in [2.24, 2.45) is 0 Å². The first-order valence-corrected chi connectivity index (χ1v) is 5.70. The summed E-state index contributed by atoms with van der Waals surface area (Å²) in [6.45, 7) is 0. The predicted molar refractivity (Wildman–Crippen MR) is 55.5 cm³/mol. The van der Waals surface area contributed by atoms with Crippen molar-refractivity contribution in [2.45, 2.75) is 50.3 Å².